The van der Waals surface area contributed by atoms with Gasteiger partial charge in [-0.25, -0.2) is 0 Å². The van der Waals surface area contributed by atoms with Crippen LogP contribution in [0.25, 0.3) is 0 Å². The molecule has 0 spiro atoms. The number of hydrogen-bond acceptors (Lipinski definition) is 5. The quantitative estimate of drug-likeness (QED) is 0.631. The number of fused-ring (bicyclic) bond motifs is 1. The number of hydrogen-bond donors (Lipinski definition) is 1. The Hall–Kier alpha value is -0.650. The molecule has 2 saturated carbocycles. The molecule has 20 heavy (non-hydrogen) atoms. The van der Waals surface area contributed by atoms with Gasteiger partial charge in [-0.05, 0) is 32.1 Å². The third kappa shape index (κ3) is 2.36. The van der Waals surface area contributed by atoms with E-state index in [2.05, 4.69) is 0 Å². The molecule has 0 aliphatic heterocycles. The van der Waals surface area contributed by atoms with Gasteiger partial charge in [0, 0.05) is 12.5 Å². The summed E-state index contributed by atoms with van der Waals surface area (Å²) in [5.74, 6) is -0.744. The second kappa shape index (κ2) is 6.00. The molecule has 0 unspecified atom stereocenters. The first-order valence-corrected chi connectivity index (χ1v) is 7.40. The highest BCUT2D eigenvalue weighted by Gasteiger charge is 2.61. The number of rotatable bonds is 4. The van der Waals surface area contributed by atoms with Gasteiger partial charge in [0.15, 0.2) is 0 Å². The molecule has 5 heteroatoms. The number of carbonyl (C=O) groups is 1. The fourth-order valence-electron chi connectivity index (χ4n) is 4.17. The van der Waals surface area contributed by atoms with Gasteiger partial charge in [0.2, 0.25) is 0 Å². The minimum Gasteiger partial charge on any atom is -0.469 e. The fraction of sp³-hybridized carbons (Fsp3) is 0.933. The molecule has 0 bridgehead atoms. The standard InChI is InChI=1S/C15H26O5/c1-14-8-4-6-11(13(16)19-3)15(14,17)9-5-7-12(14)20-10-18-2/h11-12,17H,4-10H2,1-3H3/t11-,12-,14+,15-/m0/s1. The molecular formula is C15H26O5. The molecule has 1 N–H and O–H groups in total. The minimum absolute atomic E-state index is 0.0753. The van der Waals surface area contributed by atoms with Gasteiger partial charge in [0.05, 0.1) is 24.7 Å². The van der Waals surface area contributed by atoms with E-state index in [4.69, 9.17) is 14.2 Å². The first kappa shape index (κ1) is 15.7. The normalized spacial score (nSPS) is 41.0. The summed E-state index contributed by atoms with van der Waals surface area (Å²) in [7, 11) is 2.98. The van der Waals surface area contributed by atoms with Crippen LogP contribution in [0, 0.1) is 11.3 Å². The van der Waals surface area contributed by atoms with Gasteiger partial charge in [-0.15, -0.1) is 0 Å². The molecule has 2 rings (SSSR count). The van der Waals surface area contributed by atoms with Crippen LogP contribution >= 0.6 is 0 Å². The molecule has 0 radical (unpaired) electrons. The molecule has 2 aliphatic rings. The smallest absolute Gasteiger partial charge is 0.311 e. The van der Waals surface area contributed by atoms with Gasteiger partial charge < -0.3 is 19.3 Å². The maximum Gasteiger partial charge on any atom is 0.311 e. The van der Waals surface area contributed by atoms with Crippen molar-refractivity contribution < 1.29 is 24.1 Å². The predicted octanol–water partition coefficient (Wildman–Crippen LogP) is 1.87. The van der Waals surface area contributed by atoms with E-state index in [0.29, 0.717) is 12.8 Å². The Morgan fingerprint density at radius 2 is 1.95 bits per heavy atom. The Morgan fingerprint density at radius 1 is 1.25 bits per heavy atom. The Balaban J connectivity index is 2.27. The molecule has 0 aromatic rings. The van der Waals surface area contributed by atoms with Crippen LogP contribution in [0.4, 0.5) is 0 Å². The highest BCUT2D eigenvalue weighted by atomic mass is 16.7. The van der Waals surface area contributed by atoms with E-state index in [-0.39, 0.29) is 18.9 Å². The van der Waals surface area contributed by atoms with E-state index >= 15 is 0 Å². The molecule has 2 aliphatic carbocycles. The lowest BCUT2D eigenvalue weighted by Gasteiger charge is -2.57. The lowest BCUT2D eigenvalue weighted by Crippen LogP contribution is -2.64. The molecular weight excluding hydrogens is 260 g/mol. The second-order valence-corrected chi connectivity index (χ2v) is 6.26. The van der Waals surface area contributed by atoms with Gasteiger partial charge in [-0.1, -0.05) is 13.3 Å². The molecule has 0 saturated heterocycles. The van der Waals surface area contributed by atoms with Crippen LogP contribution in [-0.2, 0) is 19.0 Å². The molecule has 0 amide bonds. The maximum absolute atomic E-state index is 12.0. The van der Waals surface area contributed by atoms with Crippen molar-refractivity contribution in [1.82, 2.24) is 0 Å². The summed E-state index contributed by atoms with van der Waals surface area (Å²) in [6.07, 6.45) is 4.78. The van der Waals surface area contributed by atoms with E-state index in [0.717, 1.165) is 25.7 Å². The zero-order valence-corrected chi connectivity index (χ0v) is 12.7. The maximum atomic E-state index is 12.0. The Bertz CT molecular complexity index is 358. The highest BCUT2D eigenvalue weighted by Crippen LogP contribution is 2.56. The van der Waals surface area contributed by atoms with Crippen molar-refractivity contribution in [3.8, 4) is 0 Å². The summed E-state index contributed by atoms with van der Waals surface area (Å²) >= 11 is 0. The molecule has 2 fully saturated rings. The van der Waals surface area contributed by atoms with Crippen LogP contribution in [0.15, 0.2) is 0 Å². The van der Waals surface area contributed by atoms with E-state index in [1.165, 1.54) is 7.11 Å². The van der Waals surface area contributed by atoms with Crippen LogP contribution in [0.3, 0.4) is 0 Å². The average molecular weight is 286 g/mol. The zero-order chi connectivity index (χ0) is 14.8. The van der Waals surface area contributed by atoms with E-state index in [9.17, 15) is 9.90 Å². The van der Waals surface area contributed by atoms with Crippen LogP contribution in [0.1, 0.15) is 45.4 Å². The van der Waals surface area contributed by atoms with E-state index in [1.807, 2.05) is 6.92 Å². The average Bonchev–Trinajstić information content (AvgIpc) is 2.44. The highest BCUT2D eigenvalue weighted by molar-refractivity contribution is 5.74. The molecule has 0 aromatic heterocycles. The number of methoxy groups -OCH3 is 2. The molecule has 5 nitrogen and oxygen atoms in total. The Labute approximate surface area is 120 Å². The van der Waals surface area contributed by atoms with Crippen LogP contribution in [-0.4, -0.2) is 43.8 Å². The summed E-state index contributed by atoms with van der Waals surface area (Å²) in [5, 5.41) is 11.3. The summed E-state index contributed by atoms with van der Waals surface area (Å²) in [5.41, 5.74) is -1.45. The lowest BCUT2D eigenvalue weighted by molar-refractivity contribution is -0.241. The molecule has 0 aromatic carbocycles. The van der Waals surface area contributed by atoms with Gasteiger partial charge in [0.1, 0.15) is 6.79 Å². The summed E-state index contributed by atoms with van der Waals surface area (Å²) in [4.78, 5) is 12.0. The van der Waals surface area contributed by atoms with Crippen molar-refractivity contribution in [3.63, 3.8) is 0 Å². The van der Waals surface area contributed by atoms with Gasteiger partial charge in [-0.2, -0.15) is 0 Å². The van der Waals surface area contributed by atoms with Gasteiger partial charge >= 0.3 is 5.97 Å². The second-order valence-electron chi connectivity index (χ2n) is 6.26. The van der Waals surface area contributed by atoms with E-state index < -0.39 is 16.9 Å². The predicted molar refractivity (Wildman–Crippen MR) is 73.0 cm³/mol. The van der Waals surface area contributed by atoms with Crippen molar-refractivity contribution in [2.45, 2.75) is 57.2 Å². The number of aliphatic hydroxyl groups is 1. The first-order valence-electron chi connectivity index (χ1n) is 7.40. The monoisotopic (exact) mass is 286 g/mol. The Morgan fingerprint density at radius 3 is 2.60 bits per heavy atom. The number of carbonyl (C=O) groups excluding carboxylic acids is 1. The van der Waals surface area contributed by atoms with Gasteiger partial charge in [0.25, 0.3) is 0 Å². The topological polar surface area (TPSA) is 65.0 Å². The third-order valence-electron chi connectivity index (χ3n) is 5.36. The van der Waals surface area contributed by atoms with Crippen LogP contribution < -0.4 is 0 Å². The van der Waals surface area contributed by atoms with Crippen molar-refractivity contribution in [2.24, 2.45) is 11.3 Å². The van der Waals surface area contributed by atoms with Crippen molar-refractivity contribution >= 4 is 5.97 Å². The van der Waals surface area contributed by atoms with E-state index in [1.54, 1.807) is 7.11 Å². The first-order chi connectivity index (χ1) is 9.49. The van der Waals surface area contributed by atoms with Gasteiger partial charge in [-0.3, -0.25) is 4.79 Å². The third-order valence-corrected chi connectivity index (χ3v) is 5.36. The Kier molecular flexibility index (Phi) is 4.72. The van der Waals surface area contributed by atoms with Crippen LogP contribution in [0.5, 0.6) is 0 Å². The SMILES string of the molecule is COCO[C@H]1CCC[C@]2(O)[C@H](C(=O)OC)CCC[C@]12C. The van der Waals surface area contributed by atoms with Crippen molar-refractivity contribution in [3.05, 3.63) is 0 Å². The molecule has 4 atom stereocenters. The number of esters is 1. The fourth-order valence-corrected chi connectivity index (χ4v) is 4.17. The summed E-state index contributed by atoms with van der Waals surface area (Å²) in [6, 6.07) is 0. The van der Waals surface area contributed by atoms with Crippen LogP contribution in [0.2, 0.25) is 0 Å². The molecule has 116 valence electrons. The van der Waals surface area contributed by atoms with Crippen molar-refractivity contribution in [2.75, 3.05) is 21.0 Å². The lowest BCUT2D eigenvalue weighted by atomic mass is 9.52. The number of ether oxygens (including phenoxy) is 3. The summed E-state index contributed by atoms with van der Waals surface area (Å²) < 4.78 is 15.7. The zero-order valence-electron chi connectivity index (χ0n) is 12.7. The molecule has 0 heterocycles. The van der Waals surface area contributed by atoms with Crippen molar-refractivity contribution in [1.29, 1.82) is 0 Å². The minimum atomic E-state index is -1.03. The summed E-state index contributed by atoms with van der Waals surface area (Å²) in [6.45, 7) is 2.26. The largest absolute Gasteiger partial charge is 0.469 e.